The largest absolute Gasteiger partial charge is 0.471 e. The highest BCUT2D eigenvalue weighted by Crippen LogP contribution is 2.15. The van der Waals surface area contributed by atoms with Crippen LogP contribution < -0.4 is 4.74 Å². The summed E-state index contributed by atoms with van der Waals surface area (Å²) >= 11 is 0. The standard InChI is InChI=1S/C12H17N3O4S/c1-14(20(2,17)18)9-12(16)15-7-10(8-15)19-11-5-3-4-6-13-11/h3-6,10H,7-9H2,1-2H3. The number of ether oxygens (including phenoxy) is 1. The lowest BCUT2D eigenvalue weighted by molar-refractivity contribution is -0.140. The monoisotopic (exact) mass is 299 g/mol. The summed E-state index contributed by atoms with van der Waals surface area (Å²) in [5.74, 6) is 0.302. The van der Waals surface area contributed by atoms with Crippen molar-refractivity contribution in [3.05, 3.63) is 24.4 Å². The fourth-order valence-corrected chi connectivity index (χ4v) is 2.06. The van der Waals surface area contributed by atoms with Gasteiger partial charge in [0.2, 0.25) is 21.8 Å². The molecule has 1 aromatic rings. The summed E-state index contributed by atoms with van der Waals surface area (Å²) in [5.41, 5.74) is 0. The Kier molecular flexibility index (Phi) is 4.24. The average molecular weight is 299 g/mol. The maximum absolute atomic E-state index is 11.8. The zero-order valence-electron chi connectivity index (χ0n) is 11.4. The third-order valence-electron chi connectivity index (χ3n) is 3.05. The molecule has 2 heterocycles. The number of hydrogen-bond donors (Lipinski definition) is 0. The quantitative estimate of drug-likeness (QED) is 0.736. The molecule has 0 aliphatic carbocycles. The number of pyridine rings is 1. The van der Waals surface area contributed by atoms with Crippen molar-refractivity contribution >= 4 is 15.9 Å². The van der Waals surface area contributed by atoms with E-state index in [0.29, 0.717) is 19.0 Å². The second-order valence-corrected chi connectivity index (χ2v) is 6.81. The van der Waals surface area contributed by atoms with Gasteiger partial charge in [0.05, 0.1) is 25.9 Å². The van der Waals surface area contributed by atoms with Gasteiger partial charge in [-0.15, -0.1) is 0 Å². The smallest absolute Gasteiger partial charge is 0.238 e. The molecule has 2 rings (SSSR count). The lowest BCUT2D eigenvalue weighted by Crippen LogP contribution is -2.58. The van der Waals surface area contributed by atoms with Crippen molar-refractivity contribution in [2.75, 3.05) is 32.9 Å². The summed E-state index contributed by atoms with van der Waals surface area (Å²) in [6.07, 6.45) is 2.62. The minimum Gasteiger partial charge on any atom is -0.471 e. The predicted octanol–water partition coefficient (Wildman–Crippen LogP) is -0.437. The molecule has 1 aliphatic rings. The van der Waals surface area contributed by atoms with Crippen molar-refractivity contribution in [1.29, 1.82) is 0 Å². The van der Waals surface area contributed by atoms with E-state index in [4.69, 9.17) is 4.74 Å². The fraction of sp³-hybridized carbons (Fsp3) is 0.500. The van der Waals surface area contributed by atoms with E-state index in [9.17, 15) is 13.2 Å². The van der Waals surface area contributed by atoms with Crippen molar-refractivity contribution < 1.29 is 17.9 Å². The molecule has 0 saturated carbocycles. The molecule has 0 N–H and O–H groups in total. The lowest BCUT2D eigenvalue weighted by atomic mass is 10.1. The van der Waals surface area contributed by atoms with Gasteiger partial charge in [-0.05, 0) is 6.07 Å². The van der Waals surface area contributed by atoms with Crippen LogP contribution in [0.15, 0.2) is 24.4 Å². The molecule has 0 radical (unpaired) electrons. The van der Waals surface area contributed by atoms with Crippen molar-refractivity contribution in [3.63, 3.8) is 0 Å². The van der Waals surface area contributed by atoms with Gasteiger partial charge >= 0.3 is 0 Å². The molecule has 0 atom stereocenters. The Morgan fingerprint density at radius 2 is 2.20 bits per heavy atom. The van der Waals surface area contributed by atoms with Crippen LogP contribution in [0.5, 0.6) is 5.88 Å². The van der Waals surface area contributed by atoms with Gasteiger partial charge in [0, 0.05) is 19.3 Å². The van der Waals surface area contributed by atoms with Gasteiger partial charge in [-0.1, -0.05) is 6.07 Å². The van der Waals surface area contributed by atoms with Crippen LogP contribution in [0.25, 0.3) is 0 Å². The molecular formula is C12H17N3O4S. The van der Waals surface area contributed by atoms with Crippen molar-refractivity contribution in [3.8, 4) is 5.88 Å². The number of carbonyl (C=O) groups is 1. The lowest BCUT2D eigenvalue weighted by Gasteiger charge is -2.39. The summed E-state index contributed by atoms with van der Waals surface area (Å²) in [5, 5.41) is 0. The van der Waals surface area contributed by atoms with E-state index < -0.39 is 10.0 Å². The Morgan fingerprint density at radius 3 is 2.75 bits per heavy atom. The van der Waals surface area contributed by atoms with E-state index in [1.165, 1.54) is 7.05 Å². The number of aromatic nitrogens is 1. The van der Waals surface area contributed by atoms with Crippen LogP contribution in [-0.2, 0) is 14.8 Å². The van der Waals surface area contributed by atoms with Gasteiger partial charge in [-0.2, -0.15) is 4.31 Å². The van der Waals surface area contributed by atoms with E-state index in [2.05, 4.69) is 4.98 Å². The summed E-state index contributed by atoms with van der Waals surface area (Å²) < 4.78 is 29.0. The number of likely N-dealkylation sites (tertiary alicyclic amines) is 1. The Labute approximate surface area is 118 Å². The van der Waals surface area contributed by atoms with Gasteiger partial charge in [-0.3, -0.25) is 4.79 Å². The van der Waals surface area contributed by atoms with Crippen LogP contribution in [0.3, 0.4) is 0 Å². The Bertz CT molecular complexity index is 570. The van der Waals surface area contributed by atoms with Crippen molar-refractivity contribution in [1.82, 2.24) is 14.2 Å². The zero-order chi connectivity index (χ0) is 14.8. The van der Waals surface area contributed by atoms with Gasteiger partial charge < -0.3 is 9.64 Å². The molecule has 1 aromatic heterocycles. The number of rotatable bonds is 5. The number of carbonyl (C=O) groups excluding carboxylic acids is 1. The average Bonchev–Trinajstić information content (AvgIpc) is 2.33. The first-order valence-electron chi connectivity index (χ1n) is 6.13. The highest BCUT2D eigenvalue weighted by molar-refractivity contribution is 7.88. The summed E-state index contributed by atoms with van der Waals surface area (Å²) in [7, 11) is -1.95. The van der Waals surface area contributed by atoms with Crippen LogP contribution in [-0.4, -0.2) is 67.6 Å². The molecule has 1 saturated heterocycles. The van der Waals surface area contributed by atoms with Crippen LogP contribution in [0.4, 0.5) is 0 Å². The molecule has 20 heavy (non-hydrogen) atoms. The number of nitrogens with zero attached hydrogens (tertiary/aromatic N) is 3. The molecule has 7 nitrogen and oxygen atoms in total. The van der Waals surface area contributed by atoms with Crippen molar-refractivity contribution in [2.24, 2.45) is 0 Å². The second kappa shape index (κ2) is 5.76. The zero-order valence-corrected chi connectivity index (χ0v) is 12.2. The molecule has 1 amide bonds. The summed E-state index contributed by atoms with van der Waals surface area (Å²) in [6.45, 7) is 0.759. The molecule has 0 spiro atoms. The number of hydrogen-bond acceptors (Lipinski definition) is 5. The SMILES string of the molecule is CN(CC(=O)N1CC(Oc2ccccn2)C1)S(C)(=O)=O. The van der Waals surface area contributed by atoms with Crippen LogP contribution in [0.1, 0.15) is 0 Å². The van der Waals surface area contributed by atoms with Crippen LogP contribution >= 0.6 is 0 Å². The molecule has 1 fully saturated rings. The van der Waals surface area contributed by atoms with Gasteiger partial charge in [-0.25, -0.2) is 13.4 Å². The summed E-state index contributed by atoms with van der Waals surface area (Å²) in [6, 6.07) is 5.37. The normalized spacial score (nSPS) is 16.1. The maximum Gasteiger partial charge on any atom is 0.238 e. The molecule has 110 valence electrons. The van der Waals surface area contributed by atoms with Crippen LogP contribution in [0, 0.1) is 0 Å². The minimum absolute atomic E-state index is 0.0858. The van der Waals surface area contributed by atoms with E-state index in [1.807, 2.05) is 6.07 Å². The Hall–Kier alpha value is -1.67. The van der Waals surface area contributed by atoms with E-state index in [-0.39, 0.29) is 18.6 Å². The maximum atomic E-state index is 11.8. The van der Waals surface area contributed by atoms with Gasteiger partial charge in [0.15, 0.2) is 0 Å². The first kappa shape index (κ1) is 14.7. The molecule has 0 unspecified atom stereocenters. The minimum atomic E-state index is -3.33. The predicted molar refractivity (Wildman–Crippen MR) is 72.7 cm³/mol. The van der Waals surface area contributed by atoms with Crippen molar-refractivity contribution in [2.45, 2.75) is 6.10 Å². The van der Waals surface area contributed by atoms with Crippen LogP contribution in [0.2, 0.25) is 0 Å². The molecular weight excluding hydrogens is 282 g/mol. The third kappa shape index (κ3) is 3.67. The van der Waals surface area contributed by atoms with E-state index >= 15 is 0 Å². The van der Waals surface area contributed by atoms with Gasteiger partial charge in [0.1, 0.15) is 6.10 Å². The van der Waals surface area contributed by atoms with Gasteiger partial charge in [0.25, 0.3) is 0 Å². The molecule has 8 heteroatoms. The Balaban J connectivity index is 1.77. The number of likely N-dealkylation sites (N-methyl/N-ethyl adjacent to an activating group) is 1. The Morgan fingerprint density at radius 1 is 1.50 bits per heavy atom. The summed E-state index contributed by atoms with van der Waals surface area (Å²) in [4.78, 5) is 17.4. The molecule has 0 aromatic carbocycles. The molecule has 1 aliphatic heterocycles. The highest BCUT2D eigenvalue weighted by atomic mass is 32.2. The first-order chi connectivity index (χ1) is 9.36. The third-order valence-corrected chi connectivity index (χ3v) is 4.31. The van der Waals surface area contributed by atoms with E-state index in [0.717, 1.165) is 10.6 Å². The second-order valence-electron chi connectivity index (χ2n) is 4.73. The number of sulfonamides is 1. The topological polar surface area (TPSA) is 79.8 Å². The molecule has 0 bridgehead atoms. The number of amides is 1. The van der Waals surface area contributed by atoms with E-state index in [1.54, 1.807) is 23.2 Å². The fourth-order valence-electron chi connectivity index (χ4n) is 1.71. The first-order valence-corrected chi connectivity index (χ1v) is 7.98. The highest BCUT2D eigenvalue weighted by Gasteiger charge is 2.33.